The summed E-state index contributed by atoms with van der Waals surface area (Å²) in [7, 11) is 1.60. The Morgan fingerprint density at radius 3 is 2.45 bits per heavy atom. The van der Waals surface area contributed by atoms with Gasteiger partial charge >= 0.3 is 0 Å². The zero-order chi connectivity index (χ0) is 23.5. The number of methoxy groups -OCH3 is 1. The molecule has 0 aromatic heterocycles. The average molecular weight is 452 g/mol. The molecular formula is C26H29NO6. The summed E-state index contributed by atoms with van der Waals surface area (Å²) in [6.45, 7) is 5.87. The minimum atomic E-state index is -0.697. The zero-order valence-corrected chi connectivity index (χ0v) is 19.2. The summed E-state index contributed by atoms with van der Waals surface area (Å²) in [6, 6.07) is 12.2. The molecule has 1 fully saturated rings. The molecule has 2 heterocycles. The monoisotopic (exact) mass is 451 g/mol. The molecule has 1 atom stereocenters. The van der Waals surface area contributed by atoms with Crippen LogP contribution in [0.1, 0.15) is 48.9 Å². The molecule has 0 unspecified atom stereocenters. The largest absolute Gasteiger partial charge is 0.507 e. The Morgan fingerprint density at radius 1 is 1.09 bits per heavy atom. The second-order valence-electron chi connectivity index (χ2n) is 8.52. The predicted molar refractivity (Wildman–Crippen MR) is 123 cm³/mol. The standard InChI is InChI=1S/C26H29NO6/c1-16(2)17-5-7-18(8-6-17)23-22(25(29)26(30)27(23)11-4-12-31-3)24(28)19-9-10-20-21(15-19)33-14-13-32-20/h5-10,15-16,23,28H,4,11-14H2,1-3H3/b24-22+/t23-/m1/s1. The van der Waals surface area contributed by atoms with Crippen molar-refractivity contribution in [1.29, 1.82) is 0 Å². The number of amides is 1. The van der Waals surface area contributed by atoms with Gasteiger partial charge in [-0.1, -0.05) is 38.1 Å². The number of ether oxygens (including phenoxy) is 3. The van der Waals surface area contributed by atoms with E-state index in [0.717, 1.165) is 11.1 Å². The van der Waals surface area contributed by atoms with Crippen molar-refractivity contribution in [2.75, 3.05) is 33.5 Å². The number of likely N-dealkylation sites (tertiary alicyclic amines) is 1. The van der Waals surface area contributed by atoms with Gasteiger partial charge in [0.15, 0.2) is 11.5 Å². The lowest BCUT2D eigenvalue weighted by molar-refractivity contribution is -0.140. The molecule has 2 aromatic carbocycles. The molecule has 1 saturated heterocycles. The Bertz CT molecular complexity index is 1070. The molecule has 0 radical (unpaired) electrons. The van der Waals surface area contributed by atoms with Gasteiger partial charge in [-0.05, 0) is 41.7 Å². The zero-order valence-electron chi connectivity index (χ0n) is 19.2. The van der Waals surface area contributed by atoms with Crippen molar-refractivity contribution in [1.82, 2.24) is 4.90 Å². The third kappa shape index (κ3) is 4.46. The van der Waals surface area contributed by atoms with Gasteiger partial charge in [-0.25, -0.2) is 0 Å². The predicted octanol–water partition coefficient (Wildman–Crippen LogP) is 4.04. The third-order valence-electron chi connectivity index (χ3n) is 6.02. The molecule has 7 heteroatoms. The van der Waals surface area contributed by atoms with Crippen LogP contribution in [0.3, 0.4) is 0 Å². The number of aliphatic hydroxyl groups is 1. The van der Waals surface area contributed by atoms with E-state index in [2.05, 4.69) is 13.8 Å². The molecule has 174 valence electrons. The number of fused-ring (bicyclic) bond motifs is 1. The van der Waals surface area contributed by atoms with E-state index < -0.39 is 17.7 Å². The van der Waals surface area contributed by atoms with Gasteiger partial charge in [0.2, 0.25) is 0 Å². The Morgan fingerprint density at radius 2 is 1.79 bits per heavy atom. The Hall–Kier alpha value is -3.32. The minimum Gasteiger partial charge on any atom is -0.507 e. The fourth-order valence-corrected chi connectivity index (χ4v) is 4.25. The summed E-state index contributed by atoms with van der Waals surface area (Å²) in [5.41, 5.74) is 2.40. The molecule has 0 saturated carbocycles. The van der Waals surface area contributed by atoms with Crippen LogP contribution in [0.2, 0.25) is 0 Å². The quantitative estimate of drug-likeness (QED) is 0.296. The molecule has 0 aliphatic carbocycles. The maximum atomic E-state index is 13.1. The number of ketones is 1. The van der Waals surface area contributed by atoms with Crippen LogP contribution in [0.4, 0.5) is 0 Å². The van der Waals surface area contributed by atoms with Gasteiger partial charge in [0.25, 0.3) is 11.7 Å². The Balaban J connectivity index is 1.79. The molecule has 2 aromatic rings. The van der Waals surface area contributed by atoms with Crippen LogP contribution < -0.4 is 9.47 Å². The average Bonchev–Trinajstić information content (AvgIpc) is 3.08. The number of hydrogen-bond donors (Lipinski definition) is 1. The summed E-state index contributed by atoms with van der Waals surface area (Å²) >= 11 is 0. The lowest BCUT2D eigenvalue weighted by Crippen LogP contribution is -2.31. The first-order valence-corrected chi connectivity index (χ1v) is 11.2. The second-order valence-corrected chi connectivity index (χ2v) is 8.52. The van der Waals surface area contributed by atoms with Crippen LogP contribution in [-0.4, -0.2) is 55.2 Å². The number of aliphatic hydroxyl groups excluding tert-OH is 1. The fraction of sp³-hybridized carbons (Fsp3) is 0.385. The molecule has 1 amide bonds. The van der Waals surface area contributed by atoms with Crippen molar-refractivity contribution in [2.45, 2.75) is 32.2 Å². The van der Waals surface area contributed by atoms with Crippen LogP contribution in [0.15, 0.2) is 48.0 Å². The summed E-state index contributed by atoms with van der Waals surface area (Å²) in [4.78, 5) is 27.6. The lowest BCUT2D eigenvalue weighted by Gasteiger charge is -2.26. The highest BCUT2D eigenvalue weighted by molar-refractivity contribution is 6.46. The first kappa shape index (κ1) is 22.9. The van der Waals surface area contributed by atoms with E-state index in [1.807, 2.05) is 24.3 Å². The van der Waals surface area contributed by atoms with Crippen LogP contribution in [0, 0.1) is 0 Å². The lowest BCUT2D eigenvalue weighted by atomic mass is 9.93. The maximum Gasteiger partial charge on any atom is 0.295 e. The van der Waals surface area contributed by atoms with Gasteiger partial charge < -0.3 is 24.2 Å². The molecular weight excluding hydrogens is 422 g/mol. The van der Waals surface area contributed by atoms with Crippen molar-refractivity contribution < 1.29 is 28.9 Å². The SMILES string of the molecule is COCCCN1C(=O)C(=O)/C(=C(/O)c2ccc3c(c2)OCCO3)[C@H]1c1ccc(C(C)C)cc1. The van der Waals surface area contributed by atoms with Crippen molar-refractivity contribution in [3.63, 3.8) is 0 Å². The van der Waals surface area contributed by atoms with Crippen molar-refractivity contribution in [3.05, 3.63) is 64.7 Å². The normalized spacial score (nSPS) is 19.4. The van der Waals surface area contributed by atoms with Crippen molar-refractivity contribution in [3.8, 4) is 11.5 Å². The number of carbonyl (C=O) groups is 2. The highest BCUT2D eigenvalue weighted by Gasteiger charge is 2.45. The molecule has 33 heavy (non-hydrogen) atoms. The van der Waals surface area contributed by atoms with E-state index in [1.165, 1.54) is 4.90 Å². The smallest absolute Gasteiger partial charge is 0.295 e. The van der Waals surface area contributed by atoms with E-state index in [9.17, 15) is 14.7 Å². The van der Waals surface area contributed by atoms with Gasteiger partial charge in [0, 0.05) is 25.8 Å². The highest BCUT2D eigenvalue weighted by atomic mass is 16.6. The van der Waals surface area contributed by atoms with E-state index in [0.29, 0.717) is 55.8 Å². The second kappa shape index (κ2) is 9.67. The van der Waals surface area contributed by atoms with Gasteiger partial charge in [0.1, 0.15) is 19.0 Å². The number of nitrogens with zero attached hydrogens (tertiary/aromatic N) is 1. The molecule has 0 spiro atoms. The van der Waals surface area contributed by atoms with Gasteiger partial charge in [-0.15, -0.1) is 0 Å². The molecule has 0 bridgehead atoms. The number of hydrogen-bond acceptors (Lipinski definition) is 6. The summed E-state index contributed by atoms with van der Waals surface area (Å²) in [5.74, 6) is -0.112. The van der Waals surface area contributed by atoms with Crippen molar-refractivity contribution in [2.24, 2.45) is 0 Å². The van der Waals surface area contributed by atoms with Gasteiger partial charge in [0.05, 0.1) is 11.6 Å². The van der Waals surface area contributed by atoms with Gasteiger partial charge in [-0.3, -0.25) is 9.59 Å². The fourth-order valence-electron chi connectivity index (χ4n) is 4.25. The Kier molecular flexibility index (Phi) is 6.70. The number of benzene rings is 2. The van der Waals surface area contributed by atoms with E-state index in [-0.39, 0.29) is 11.3 Å². The topological polar surface area (TPSA) is 85.3 Å². The van der Waals surface area contributed by atoms with E-state index >= 15 is 0 Å². The first-order chi connectivity index (χ1) is 15.9. The summed E-state index contributed by atoms with van der Waals surface area (Å²) < 4.78 is 16.3. The number of rotatable bonds is 7. The molecule has 7 nitrogen and oxygen atoms in total. The minimum absolute atomic E-state index is 0.0754. The number of Topliss-reactive ketones (excluding diaryl/α,β-unsaturated/α-hetero) is 1. The van der Waals surface area contributed by atoms with E-state index in [4.69, 9.17) is 14.2 Å². The van der Waals surface area contributed by atoms with Crippen LogP contribution >= 0.6 is 0 Å². The maximum absolute atomic E-state index is 13.1. The van der Waals surface area contributed by atoms with Crippen molar-refractivity contribution >= 4 is 17.4 Å². The third-order valence-corrected chi connectivity index (χ3v) is 6.02. The van der Waals surface area contributed by atoms with Crippen LogP contribution in [0.5, 0.6) is 11.5 Å². The van der Waals surface area contributed by atoms with E-state index in [1.54, 1.807) is 25.3 Å². The highest BCUT2D eigenvalue weighted by Crippen LogP contribution is 2.41. The number of carbonyl (C=O) groups excluding carboxylic acids is 2. The first-order valence-electron chi connectivity index (χ1n) is 11.2. The molecule has 2 aliphatic heterocycles. The molecule has 1 N–H and O–H groups in total. The molecule has 2 aliphatic rings. The van der Waals surface area contributed by atoms with Crippen LogP contribution in [-0.2, 0) is 14.3 Å². The summed E-state index contributed by atoms with van der Waals surface area (Å²) in [5, 5.41) is 11.2. The van der Waals surface area contributed by atoms with Crippen LogP contribution in [0.25, 0.3) is 5.76 Å². The Labute approximate surface area is 193 Å². The molecule has 4 rings (SSSR count). The summed E-state index contributed by atoms with van der Waals surface area (Å²) in [6.07, 6.45) is 0.578. The van der Waals surface area contributed by atoms with Gasteiger partial charge in [-0.2, -0.15) is 0 Å².